The van der Waals surface area contributed by atoms with E-state index in [-0.39, 0.29) is 18.9 Å². The fraction of sp³-hybridized carbons (Fsp3) is 0.375. The van der Waals surface area contributed by atoms with Crippen LogP contribution in [0.4, 0.5) is 17.6 Å². The van der Waals surface area contributed by atoms with Crippen molar-refractivity contribution >= 4 is 17.3 Å². The minimum absolute atomic E-state index is 0.117. The molecule has 1 aromatic heterocycles. The summed E-state index contributed by atoms with van der Waals surface area (Å²) in [5, 5.41) is 4.22. The maximum absolute atomic E-state index is 13.5. The summed E-state index contributed by atoms with van der Waals surface area (Å²) < 4.78 is 56.5. The van der Waals surface area contributed by atoms with Crippen molar-refractivity contribution in [1.29, 1.82) is 0 Å². The molecule has 0 fully saturated rings. The van der Waals surface area contributed by atoms with Crippen LogP contribution in [0, 0.1) is 5.82 Å². The monoisotopic (exact) mass is 390 g/mol. The van der Waals surface area contributed by atoms with Crippen LogP contribution >= 0.6 is 11.3 Å². The fourth-order valence-electron chi connectivity index (χ4n) is 2.02. The number of aromatic nitrogens is 1. The van der Waals surface area contributed by atoms with Gasteiger partial charge in [-0.1, -0.05) is 12.1 Å². The Bertz CT molecular complexity index is 748. The van der Waals surface area contributed by atoms with Gasteiger partial charge in [0, 0.05) is 19.5 Å². The Morgan fingerprint density at radius 2 is 2.08 bits per heavy atom. The van der Waals surface area contributed by atoms with Gasteiger partial charge in [-0.25, -0.2) is 9.37 Å². The van der Waals surface area contributed by atoms with E-state index < -0.39 is 17.7 Å². The number of nitrogens with zero attached hydrogens (tertiary/aromatic N) is 3. The standard InChI is InChI=1S/C16H18F4N4OS/c1-21-15(22-9-14-23-13(10-26-14)16(18,19)20)24(2)7-8-25-12-6-4-3-5-11(12)17/h3-6,10H,7-9H2,1-2H3,(H,21,22). The van der Waals surface area contributed by atoms with Crippen LogP contribution in [0.1, 0.15) is 10.7 Å². The summed E-state index contributed by atoms with van der Waals surface area (Å²) in [6.45, 7) is 0.735. The summed E-state index contributed by atoms with van der Waals surface area (Å²) in [7, 11) is 3.29. The number of guanidine groups is 1. The summed E-state index contributed by atoms with van der Waals surface area (Å²) in [6.07, 6.45) is -4.45. The zero-order chi connectivity index (χ0) is 19.2. The van der Waals surface area contributed by atoms with Crippen LogP contribution in [0.5, 0.6) is 5.75 Å². The number of hydrogen-bond donors (Lipinski definition) is 1. The van der Waals surface area contributed by atoms with E-state index in [2.05, 4.69) is 15.3 Å². The third kappa shape index (κ3) is 5.58. The third-order valence-electron chi connectivity index (χ3n) is 3.33. The van der Waals surface area contributed by atoms with Crippen molar-refractivity contribution in [3.8, 4) is 5.75 Å². The van der Waals surface area contributed by atoms with Crippen molar-refractivity contribution in [3.63, 3.8) is 0 Å². The highest BCUT2D eigenvalue weighted by atomic mass is 32.1. The Morgan fingerprint density at radius 1 is 1.35 bits per heavy atom. The van der Waals surface area contributed by atoms with Gasteiger partial charge >= 0.3 is 6.18 Å². The molecule has 0 aliphatic rings. The first-order chi connectivity index (χ1) is 12.3. The predicted molar refractivity (Wildman–Crippen MR) is 91.8 cm³/mol. The van der Waals surface area contributed by atoms with Gasteiger partial charge in [-0.15, -0.1) is 11.3 Å². The molecule has 0 aliphatic carbocycles. The average molecular weight is 390 g/mol. The molecule has 2 aromatic rings. The molecule has 0 bridgehead atoms. The van der Waals surface area contributed by atoms with Crippen LogP contribution < -0.4 is 10.1 Å². The molecular formula is C16H18F4N4OS. The summed E-state index contributed by atoms with van der Waals surface area (Å²) in [6, 6.07) is 6.08. The summed E-state index contributed by atoms with van der Waals surface area (Å²) >= 11 is 0.924. The van der Waals surface area contributed by atoms with Crippen molar-refractivity contribution in [2.24, 2.45) is 4.99 Å². The van der Waals surface area contributed by atoms with Gasteiger partial charge in [-0.05, 0) is 12.1 Å². The van der Waals surface area contributed by atoms with Gasteiger partial charge in [0.15, 0.2) is 23.2 Å². The van der Waals surface area contributed by atoms with Crippen LogP contribution in [0.25, 0.3) is 0 Å². The molecule has 0 aliphatic heterocycles. The number of likely N-dealkylation sites (N-methyl/N-ethyl adjacent to an activating group) is 1. The second-order valence-corrected chi connectivity index (χ2v) is 6.17. The predicted octanol–water partition coefficient (Wildman–Crippen LogP) is 3.39. The van der Waals surface area contributed by atoms with Gasteiger partial charge in [0.25, 0.3) is 0 Å². The van der Waals surface area contributed by atoms with Gasteiger partial charge in [-0.2, -0.15) is 13.2 Å². The molecule has 0 amide bonds. The lowest BCUT2D eigenvalue weighted by Gasteiger charge is -2.21. The second-order valence-electron chi connectivity index (χ2n) is 5.23. The first-order valence-corrected chi connectivity index (χ1v) is 8.50. The number of rotatable bonds is 6. The average Bonchev–Trinajstić information content (AvgIpc) is 3.06. The van der Waals surface area contributed by atoms with Crippen LogP contribution in [-0.4, -0.2) is 43.1 Å². The number of halogens is 4. The Hall–Kier alpha value is -2.36. The van der Waals surface area contributed by atoms with Crippen LogP contribution in [0.2, 0.25) is 0 Å². The number of benzene rings is 1. The van der Waals surface area contributed by atoms with Crippen molar-refractivity contribution in [3.05, 3.63) is 46.2 Å². The summed E-state index contributed by atoms with van der Waals surface area (Å²) in [5.41, 5.74) is -0.902. The molecule has 0 radical (unpaired) electrons. The minimum atomic E-state index is -4.45. The van der Waals surface area contributed by atoms with E-state index in [4.69, 9.17) is 4.74 Å². The SMILES string of the molecule is CN=C(NCc1nc(C(F)(F)F)cs1)N(C)CCOc1ccccc1F. The molecule has 1 heterocycles. The van der Waals surface area contributed by atoms with E-state index in [1.54, 1.807) is 31.1 Å². The van der Waals surface area contributed by atoms with Gasteiger partial charge in [0.2, 0.25) is 0 Å². The quantitative estimate of drug-likeness (QED) is 0.467. The minimum Gasteiger partial charge on any atom is -0.489 e. The highest BCUT2D eigenvalue weighted by molar-refractivity contribution is 7.09. The molecule has 0 saturated heterocycles. The molecule has 5 nitrogen and oxygen atoms in total. The Morgan fingerprint density at radius 3 is 2.69 bits per heavy atom. The maximum Gasteiger partial charge on any atom is 0.434 e. The van der Waals surface area contributed by atoms with Crippen LogP contribution in [-0.2, 0) is 12.7 Å². The molecule has 1 aromatic carbocycles. The number of nitrogens with one attached hydrogen (secondary N) is 1. The van der Waals surface area contributed by atoms with Crippen LogP contribution in [0.3, 0.4) is 0 Å². The van der Waals surface area contributed by atoms with Crippen LogP contribution in [0.15, 0.2) is 34.6 Å². The Kier molecular flexibility index (Phi) is 6.78. The molecule has 0 unspecified atom stereocenters. The molecule has 0 saturated carbocycles. The number of ether oxygens (including phenoxy) is 1. The van der Waals surface area contributed by atoms with E-state index in [0.29, 0.717) is 17.5 Å². The molecule has 2 rings (SSSR count). The van der Waals surface area contributed by atoms with E-state index in [9.17, 15) is 17.6 Å². The van der Waals surface area contributed by atoms with Gasteiger partial charge in [0.05, 0.1) is 13.1 Å². The number of alkyl halides is 3. The smallest absolute Gasteiger partial charge is 0.434 e. The zero-order valence-corrected chi connectivity index (χ0v) is 15.0. The molecule has 26 heavy (non-hydrogen) atoms. The first-order valence-electron chi connectivity index (χ1n) is 7.62. The normalized spacial score (nSPS) is 12.2. The molecule has 0 spiro atoms. The van der Waals surface area contributed by atoms with Gasteiger partial charge in [0.1, 0.15) is 11.6 Å². The molecule has 1 N–H and O–H groups in total. The molecule has 142 valence electrons. The van der Waals surface area contributed by atoms with Gasteiger partial charge < -0.3 is 15.0 Å². The zero-order valence-electron chi connectivity index (χ0n) is 14.2. The van der Waals surface area contributed by atoms with E-state index in [0.717, 1.165) is 16.7 Å². The highest BCUT2D eigenvalue weighted by Crippen LogP contribution is 2.29. The lowest BCUT2D eigenvalue weighted by molar-refractivity contribution is -0.140. The Balaban J connectivity index is 1.82. The number of para-hydroxylation sites is 1. The second kappa shape index (κ2) is 8.84. The number of thiazole rings is 1. The van der Waals surface area contributed by atoms with Crippen molar-refractivity contribution < 1.29 is 22.3 Å². The van der Waals surface area contributed by atoms with Crippen molar-refractivity contribution in [1.82, 2.24) is 15.2 Å². The summed E-state index contributed by atoms with van der Waals surface area (Å²) in [5.74, 6) is 0.180. The van der Waals surface area contributed by atoms with Crippen molar-refractivity contribution in [2.45, 2.75) is 12.7 Å². The fourth-order valence-corrected chi connectivity index (χ4v) is 2.76. The number of aliphatic imine (C=N–C) groups is 1. The third-order valence-corrected chi connectivity index (χ3v) is 4.18. The lowest BCUT2D eigenvalue weighted by atomic mass is 10.3. The Labute approximate surface area is 152 Å². The van der Waals surface area contributed by atoms with E-state index in [1.165, 1.54) is 12.1 Å². The molecular weight excluding hydrogens is 372 g/mol. The lowest BCUT2D eigenvalue weighted by Crippen LogP contribution is -2.40. The highest BCUT2D eigenvalue weighted by Gasteiger charge is 2.33. The van der Waals surface area contributed by atoms with Gasteiger partial charge in [-0.3, -0.25) is 4.99 Å². The van der Waals surface area contributed by atoms with E-state index in [1.807, 2.05) is 0 Å². The number of hydrogen-bond acceptors (Lipinski definition) is 4. The first kappa shape index (κ1) is 20.0. The topological polar surface area (TPSA) is 49.8 Å². The molecule has 0 atom stereocenters. The van der Waals surface area contributed by atoms with E-state index >= 15 is 0 Å². The van der Waals surface area contributed by atoms with Crippen molar-refractivity contribution in [2.75, 3.05) is 27.2 Å². The maximum atomic E-state index is 13.5. The summed E-state index contributed by atoms with van der Waals surface area (Å²) in [4.78, 5) is 9.33. The molecule has 10 heteroatoms. The largest absolute Gasteiger partial charge is 0.489 e.